The fraction of sp³-hybridized carbons (Fsp3) is 0.529. The fourth-order valence-electron chi connectivity index (χ4n) is 9.38. The molecule has 2 N–H and O–H groups in total. The molecule has 1 amide bonds. The van der Waals surface area contributed by atoms with Crippen LogP contribution in [0.25, 0.3) is 9.69 Å². The zero-order chi connectivity index (χ0) is 47.9. The lowest BCUT2D eigenvalue weighted by Crippen LogP contribution is -2.38. The standard InChI is InChI=1S/C25H29FN4O3.C14H13FN4.C11H18O4.CH4.ClH/c1-3-33-25(32)19-8-4-17(5-9-19)14-23(31)29-13-12-21-22(16-29)30(28-24(21)27-2)15-18-6-10-20(26)11-7-18;1-16-14-12-6-7-17-8-13(12)19(18-14)9-10-2-4-11(15)5-3-10;1-2-15-11(14)9-5-3-8(4-6-9)7-10(12)13;;/h6-7,10-11,17,19H,3-5,8-9,12-16H2,1H3;2-5,17H,6-9H2;8-9H,2-7H2,1H3,(H,12,13);1H4;1H. The first-order valence-corrected chi connectivity index (χ1v) is 23.3. The Labute approximate surface area is 410 Å². The van der Waals surface area contributed by atoms with Gasteiger partial charge < -0.3 is 34.5 Å². The van der Waals surface area contributed by atoms with E-state index in [-0.39, 0.29) is 79.4 Å². The van der Waals surface area contributed by atoms with Gasteiger partial charge in [0.15, 0.2) is 0 Å². The number of benzene rings is 2. The van der Waals surface area contributed by atoms with Crippen molar-refractivity contribution in [3.63, 3.8) is 0 Å². The van der Waals surface area contributed by atoms with Crippen LogP contribution in [0.2, 0.25) is 0 Å². The molecule has 2 fully saturated rings. The summed E-state index contributed by atoms with van der Waals surface area (Å²) in [5.74, 6) is -0.0331. The molecule has 18 heteroatoms. The van der Waals surface area contributed by atoms with Gasteiger partial charge in [-0.1, -0.05) is 44.8 Å². The second-order valence-corrected chi connectivity index (χ2v) is 17.5. The monoisotopic (exact) mass is 974 g/mol. The normalized spacial score (nSPS) is 19.1. The Morgan fingerprint density at radius 2 is 1.16 bits per heavy atom. The predicted octanol–water partition coefficient (Wildman–Crippen LogP) is 9.42. The number of amides is 1. The number of nitrogens with zero attached hydrogens (tertiary/aromatic N) is 7. The van der Waals surface area contributed by atoms with Gasteiger partial charge in [0.05, 0.1) is 56.1 Å². The van der Waals surface area contributed by atoms with Crippen LogP contribution < -0.4 is 5.32 Å². The highest BCUT2D eigenvalue weighted by Gasteiger charge is 2.33. The number of carboxylic acids is 1. The minimum absolute atomic E-state index is 0. The third-order valence-electron chi connectivity index (χ3n) is 13.0. The fourth-order valence-corrected chi connectivity index (χ4v) is 9.38. The first kappa shape index (κ1) is 55.4. The van der Waals surface area contributed by atoms with Crippen molar-refractivity contribution in [1.29, 1.82) is 0 Å². The van der Waals surface area contributed by atoms with Crippen LogP contribution >= 0.6 is 12.4 Å². The third kappa shape index (κ3) is 15.4. The summed E-state index contributed by atoms with van der Waals surface area (Å²) in [6.45, 7) is 22.7. The number of hydrogen-bond acceptors (Lipinski definition) is 9. The minimum atomic E-state index is -0.741. The quantitative estimate of drug-likeness (QED) is 0.103. The molecule has 2 aromatic heterocycles. The van der Waals surface area contributed by atoms with Crippen LogP contribution in [0.3, 0.4) is 0 Å². The molecule has 0 atom stereocenters. The van der Waals surface area contributed by atoms with E-state index in [1.165, 1.54) is 24.3 Å². The summed E-state index contributed by atoms with van der Waals surface area (Å²) in [6.07, 6.45) is 8.65. The Bertz CT molecular complexity index is 2410. The molecule has 2 saturated carbocycles. The predicted molar refractivity (Wildman–Crippen MR) is 258 cm³/mol. The third-order valence-corrected chi connectivity index (χ3v) is 13.0. The highest BCUT2D eigenvalue weighted by atomic mass is 35.5. The second kappa shape index (κ2) is 27.1. The number of halogens is 3. The minimum Gasteiger partial charge on any atom is -0.481 e. The first-order chi connectivity index (χ1) is 32.4. The lowest BCUT2D eigenvalue weighted by Gasteiger charge is -2.31. The molecule has 0 spiro atoms. The molecular formula is C51H65ClF2N8O7. The van der Waals surface area contributed by atoms with Gasteiger partial charge in [-0.15, -0.1) is 12.4 Å². The molecule has 0 saturated heterocycles. The van der Waals surface area contributed by atoms with Crippen molar-refractivity contribution in [2.45, 2.75) is 125 Å². The molecule has 4 aromatic rings. The molecular weight excluding hydrogens is 910 g/mol. The van der Waals surface area contributed by atoms with Crippen LogP contribution in [-0.2, 0) is 67.7 Å². The number of carbonyl (C=O) groups is 4. The molecule has 4 heterocycles. The topological polar surface area (TPSA) is 167 Å². The highest BCUT2D eigenvalue weighted by molar-refractivity contribution is 5.85. The average Bonchev–Trinajstić information content (AvgIpc) is 3.88. The summed E-state index contributed by atoms with van der Waals surface area (Å²) in [7, 11) is 0. The van der Waals surface area contributed by atoms with E-state index in [0.717, 1.165) is 105 Å². The highest BCUT2D eigenvalue weighted by Crippen LogP contribution is 2.35. The van der Waals surface area contributed by atoms with Gasteiger partial charge in [-0.25, -0.2) is 8.78 Å². The van der Waals surface area contributed by atoms with Gasteiger partial charge in [0.25, 0.3) is 11.6 Å². The van der Waals surface area contributed by atoms with Gasteiger partial charge in [0.2, 0.25) is 5.91 Å². The Morgan fingerprint density at radius 1 is 0.710 bits per heavy atom. The van der Waals surface area contributed by atoms with Crippen molar-refractivity contribution in [2.24, 2.45) is 23.7 Å². The van der Waals surface area contributed by atoms with Gasteiger partial charge in [-0.2, -0.15) is 9.36 Å². The van der Waals surface area contributed by atoms with Gasteiger partial charge in [-0.3, -0.25) is 19.2 Å². The van der Waals surface area contributed by atoms with Crippen LogP contribution in [-0.4, -0.2) is 79.7 Å². The van der Waals surface area contributed by atoms with Gasteiger partial charge in [0, 0.05) is 37.1 Å². The van der Waals surface area contributed by atoms with Crippen LogP contribution in [0, 0.1) is 48.5 Å². The molecule has 372 valence electrons. The van der Waals surface area contributed by atoms with E-state index in [4.69, 9.17) is 27.7 Å². The number of rotatable bonds is 12. The van der Waals surface area contributed by atoms with Crippen molar-refractivity contribution in [1.82, 2.24) is 29.8 Å². The number of aromatic nitrogens is 4. The van der Waals surface area contributed by atoms with Crippen LogP contribution in [0.15, 0.2) is 48.5 Å². The van der Waals surface area contributed by atoms with E-state index in [0.29, 0.717) is 63.9 Å². The van der Waals surface area contributed by atoms with E-state index in [9.17, 15) is 28.0 Å². The number of nitrogens with one attached hydrogen (secondary N) is 1. The molecule has 69 heavy (non-hydrogen) atoms. The number of carbonyl (C=O) groups excluding carboxylic acids is 3. The zero-order valence-corrected chi connectivity index (χ0v) is 39.6. The van der Waals surface area contributed by atoms with Crippen molar-refractivity contribution < 1.29 is 42.5 Å². The lowest BCUT2D eigenvalue weighted by molar-refractivity contribution is -0.150. The van der Waals surface area contributed by atoms with Gasteiger partial charge >= 0.3 is 17.9 Å². The van der Waals surface area contributed by atoms with Crippen LogP contribution in [0.1, 0.15) is 119 Å². The Kier molecular flexibility index (Phi) is 21.8. The summed E-state index contributed by atoms with van der Waals surface area (Å²) in [5, 5.41) is 20.7. The van der Waals surface area contributed by atoms with E-state index < -0.39 is 5.97 Å². The summed E-state index contributed by atoms with van der Waals surface area (Å²) >= 11 is 0. The molecule has 4 aliphatic rings. The maximum Gasteiger partial charge on any atom is 0.308 e. The number of esters is 2. The number of ether oxygens (including phenoxy) is 2. The Hall–Kier alpha value is -6.17. The maximum absolute atomic E-state index is 13.3. The Morgan fingerprint density at radius 3 is 1.61 bits per heavy atom. The van der Waals surface area contributed by atoms with Crippen molar-refractivity contribution in [2.75, 3.05) is 26.3 Å². The molecule has 0 bridgehead atoms. The Balaban J connectivity index is 0.000000244. The summed E-state index contributed by atoms with van der Waals surface area (Å²) in [5.41, 5.74) is 5.79. The summed E-state index contributed by atoms with van der Waals surface area (Å²) in [6, 6.07) is 12.6. The van der Waals surface area contributed by atoms with Crippen LogP contribution in [0.5, 0.6) is 0 Å². The van der Waals surface area contributed by atoms with Crippen molar-refractivity contribution in [3.8, 4) is 0 Å². The van der Waals surface area contributed by atoms with Crippen LogP contribution in [0.4, 0.5) is 20.4 Å². The van der Waals surface area contributed by atoms with Gasteiger partial charge in [-0.05, 0) is 142 Å². The van der Waals surface area contributed by atoms with Crippen molar-refractivity contribution in [3.05, 3.63) is 117 Å². The molecule has 2 aliphatic carbocycles. The summed E-state index contributed by atoms with van der Waals surface area (Å²) < 4.78 is 39.8. The maximum atomic E-state index is 13.3. The first-order valence-electron chi connectivity index (χ1n) is 23.3. The van der Waals surface area contributed by atoms with E-state index in [1.807, 2.05) is 16.5 Å². The number of aliphatic carboxylic acids is 1. The SMILES string of the molecule is C.CCOC(=O)C1CCC(CC(=O)O)CC1.Cl.[C-]#[N+]c1nn(Cc2ccc(F)cc2)c2c1CCN(C(=O)CC1CCC(C(=O)OCC)CC1)C2.[C-]#[N+]c1nn(Cc2ccc(F)cc2)c2c1CCNC2. The molecule has 2 aromatic carbocycles. The average molecular weight is 976 g/mol. The number of carboxylic acid groups (broad SMARTS) is 1. The zero-order valence-electron chi connectivity index (χ0n) is 38.8. The molecule has 0 unspecified atom stereocenters. The molecule has 2 aliphatic heterocycles. The van der Waals surface area contributed by atoms with Crippen molar-refractivity contribution >= 4 is 47.9 Å². The second-order valence-electron chi connectivity index (χ2n) is 17.5. The smallest absolute Gasteiger partial charge is 0.308 e. The van der Waals surface area contributed by atoms with E-state index in [1.54, 1.807) is 35.9 Å². The van der Waals surface area contributed by atoms with E-state index >= 15 is 0 Å². The molecule has 8 rings (SSSR count). The lowest BCUT2D eigenvalue weighted by atomic mass is 9.80. The van der Waals surface area contributed by atoms with Gasteiger partial charge in [0.1, 0.15) is 11.6 Å². The largest absolute Gasteiger partial charge is 0.481 e. The number of fused-ring (bicyclic) bond motifs is 2. The summed E-state index contributed by atoms with van der Waals surface area (Å²) in [4.78, 5) is 55.8. The molecule has 0 radical (unpaired) electrons. The van der Waals surface area contributed by atoms with E-state index in [2.05, 4.69) is 25.2 Å². The number of hydrogen-bond donors (Lipinski definition) is 2. The molecule has 15 nitrogen and oxygen atoms in total.